The van der Waals surface area contributed by atoms with Crippen molar-refractivity contribution in [3.63, 3.8) is 0 Å². The summed E-state index contributed by atoms with van der Waals surface area (Å²) in [6.45, 7) is 0. The number of hydrogen-bond acceptors (Lipinski definition) is 2. The average Bonchev–Trinajstić information content (AvgIpc) is 2.63. The molecule has 3 nitrogen and oxygen atoms in total. The molecule has 0 saturated heterocycles. The van der Waals surface area contributed by atoms with Crippen molar-refractivity contribution in [3.05, 3.63) is 28.8 Å². The van der Waals surface area contributed by atoms with Crippen LogP contribution in [0.4, 0.5) is 0 Å². The summed E-state index contributed by atoms with van der Waals surface area (Å²) >= 11 is 0. The third-order valence-electron chi connectivity index (χ3n) is 3.90. The summed E-state index contributed by atoms with van der Waals surface area (Å²) in [5.74, 6) is 0.201. The first-order chi connectivity index (χ1) is 9.22. The third kappa shape index (κ3) is 3.49. The van der Waals surface area contributed by atoms with Gasteiger partial charge in [0.05, 0.1) is 7.11 Å². The van der Waals surface area contributed by atoms with E-state index in [4.69, 9.17) is 9.84 Å². The van der Waals surface area contributed by atoms with Crippen molar-refractivity contribution in [2.24, 2.45) is 0 Å². The number of methoxy groups -OCH3 is 1. The maximum Gasteiger partial charge on any atom is 0.303 e. The Morgan fingerprint density at radius 1 is 1.26 bits per heavy atom. The van der Waals surface area contributed by atoms with Crippen molar-refractivity contribution in [2.75, 3.05) is 7.11 Å². The van der Waals surface area contributed by atoms with Gasteiger partial charge in [0.1, 0.15) is 5.75 Å². The summed E-state index contributed by atoms with van der Waals surface area (Å²) in [5.41, 5.74) is 4.09. The standard InChI is InChI=1S/C16H22O3/c1-19-15-11-10-12-6-3-2-4-7-13(12)14(15)8-5-9-16(17)18/h10-11H,2-9H2,1H3,(H,17,18). The molecule has 0 bridgehead atoms. The summed E-state index contributed by atoms with van der Waals surface area (Å²) < 4.78 is 5.46. The fraction of sp³-hybridized carbons (Fsp3) is 0.562. The van der Waals surface area contributed by atoms with Gasteiger partial charge in [0.15, 0.2) is 0 Å². The molecule has 0 spiro atoms. The number of benzene rings is 1. The topological polar surface area (TPSA) is 46.5 Å². The van der Waals surface area contributed by atoms with Crippen molar-refractivity contribution in [3.8, 4) is 5.75 Å². The highest BCUT2D eigenvalue weighted by atomic mass is 16.5. The lowest BCUT2D eigenvalue weighted by Gasteiger charge is -2.16. The maximum absolute atomic E-state index is 10.7. The van der Waals surface area contributed by atoms with E-state index >= 15 is 0 Å². The Bertz CT molecular complexity index is 452. The first-order valence-electron chi connectivity index (χ1n) is 7.12. The predicted molar refractivity (Wildman–Crippen MR) is 74.8 cm³/mol. The van der Waals surface area contributed by atoms with E-state index in [1.54, 1.807) is 7.11 Å². The largest absolute Gasteiger partial charge is 0.496 e. The van der Waals surface area contributed by atoms with Gasteiger partial charge in [-0.05, 0) is 61.3 Å². The van der Waals surface area contributed by atoms with E-state index in [2.05, 4.69) is 6.07 Å². The number of aliphatic carboxylic acids is 1. The molecule has 0 fully saturated rings. The molecule has 0 aliphatic heterocycles. The van der Waals surface area contributed by atoms with Crippen LogP contribution < -0.4 is 4.74 Å². The molecule has 0 aromatic heterocycles. The van der Waals surface area contributed by atoms with Gasteiger partial charge in [-0.2, -0.15) is 0 Å². The van der Waals surface area contributed by atoms with Crippen LogP contribution in [-0.4, -0.2) is 18.2 Å². The maximum atomic E-state index is 10.7. The number of carbonyl (C=O) groups is 1. The number of fused-ring (bicyclic) bond motifs is 1. The molecule has 1 aromatic carbocycles. The van der Waals surface area contributed by atoms with E-state index < -0.39 is 5.97 Å². The minimum absolute atomic E-state index is 0.229. The molecule has 2 rings (SSSR count). The van der Waals surface area contributed by atoms with Crippen molar-refractivity contribution in [2.45, 2.75) is 51.4 Å². The molecule has 104 valence electrons. The van der Waals surface area contributed by atoms with Gasteiger partial charge in [-0.25, -0.2) is 0 Å². The molecule has 1 aliphatic rings. The Morgan fingerprint density at radius 2 is 2.05 bits per heavy atom. The lowest BCUT2D eigenvalue weighted by molar-refractivity contribution is -0.137. The molecule has 0 amide bonds. The van der Waals surface area contributed by atoms with Crippen LogP contribution in [0.1, 0.15) is 48.8 Å². The Kier molecular flexibility index (Phi) is 4.83. The van der Waals surface area contributed by atoms with Crippen molar-refractivity contribution in [1.82, 2.24) is 0 Å². The normalized spacial score (nSPS) is 14.6. The van der Waals surface area contributed by atoms with Gasteiger partial charge in [0, 0.05) is 6.42 Å². The molecule has 1 aromatic rings. The highest BCUT2D eigenvalue weighted by Crippen LogP contribution is 2.31. The second-order valence-corrected chi connectivity index (χ2v) is 5.19. The quantitative estimate of drug-likeness (QED) is 0.827. The van der Waals surface area contributed by atoms with E-state index in [9.17, 15) is 4.79 Å². The van der Waals surface area contributed by atoms with Crippen LogP contribution in [0, 0.1) is 0 Å². The molecule has 0 unspecified atom stereocenters. The minimum atomic E-state index is -0.721. The Hall–Kier alpha value is -1.51. The van der Waals surface area contributed by atoms with Gasteiger partial charge in [0.25, 0.3) is 0 Å². The van der Waals surface area contributed by atoms with E-state index in [0.717, 1.165) is 25.0 Å². The lowest BCUT2D eigenvalue weighted by Crippen LogP contribution is -2.04. The van der Waals surface area contributed by atoms with Gasteiger partial charge in [-0.3, -0.25) is 4.79 Å². The van der Waals surface area contributed by atoms with E-state index in [1.807, 2.05) is 6.07 Å². The smallest absolute Gasteiger partial charge is 0.303 e. The molecule has 0 heterocycles. The highest BCUT2D eigenvalue weighted by Gasteiger charge is 2.16. The third-order valence-corrected chi connectivity index (χ3v) is 3.90. The second kappa shape index (κ2) is 6.60. The second-order valence-electron chi connectivity index (χ2n) is 5.19. The molecular weight excluding hydrogens is 240 g/mol. The molecule has 3 heteroatoms. The van der Waals surface area contributed by atoms with Crippen LogP contribution in [0.15, 0.2) is 12.1 Å². The summed E-state index contributed by atoms with van der Waals surface area (Å²) in [4.78, 5) is 10.7. The Morgan fingerprint density at radius 3 is 2.79 bits per heavy atom. The van der Waals surface area contributed by atoms with Gasteiger partial charge in [-0.1, -0.05) is 12.5 Å². The number of aryl methyl sites for hydroxylation is 1. The monoisotopic (exact) mass is 262 g/mol. The van der Waals surface area contributed by atoms with Crippen molar-refractivity contribution >= 4 is 5.97 Å². The molecule has 1 aliphatic carbocycles. The number of carboxylic acid groups (broad SMARTS) is 1. The summed E-state index contributed by atoms with van der Waals surface area (Å²) in [6, 6.07) is 4.22. The van der Waals surface area contributed by atoms with Gasteiger partial charge in [-0.15, -0.1) is 0 Å². The van der Waals surface area contributed by atoms with Crippen molar-refractivity contribution in [1.29, 1.82) is 0 Å². The Labute approximate surface area is 114 Å². The summed E-state index contributed by atoms with van der Waals surface area (Å²) in [5, 5.41) is 8.77. The van der Waals surface area contributed by atoms with Gasteiger partial charge < -0.3 is 9.84 Å². The zero-order chi connectivity index (χ0) is 13.7. The zero-order valence-corrected chi connectivity index (χ0v) is 11.6. The average molecular weight is 262 g/mol. The first-order valence-corrected chi connectivity index (χ1v) is 7.12. The zero-order valence-electron chi connectivity index (χ0n) is 11.6. The molecule has 19 heavy (non-hydrogen) atoms. The summed E-state index contributed by atoms with van der Waals surface area (Å²) in [6.07, 6.45) is 7.74. The highest BCUT2D eigenvalue weighted by molar-refractivity contribution is 5.66. The van der Waals surface area contributed by atoms with Crippen LogP contribution in [0.25, 0.3) is 0 Å². The molecular formula is C16H22O3. The van der Waals surface area contributed by atoms with Crippen LogP contribution in [0.2, 0.25) is 0 Å². The number of ether oxygens (including phenoxy) is 1. The van der Waals surface area contributed by atoms with Crippen LogP contribution in [0.3, 0.4) is 0 Å². The molecule has 0 saturated carbocycles. The molecule has 0 atom stereocenters. The van der Waals surface area contributed by atoms with Gasteiger partial charge >= 0.3 is 5.97 Å². The van der Waals surface area contributed by atoms with Crippen LogP contribution >= 0.6 is 0 Å². The van der Waals surface area contributed by atoms with E-state index in [-0.39, 0.29) is 6.42 Å². The van der Waals surface area contributed by atoms with Gasteiger partial charge in [0.2, 0.25) is 0 Å². The van der Waals surface area contributed by atoms with E-state index in [0.29, 0.717) is 6.42 Å². The Balaban J connectivity index is 2.24. The number of carboxylic acids is 1. The van der Waals surface area contributed by atoms with Crippen LogP contribution in [-0.2, 0) is 24.1 Å². The predicted octanol–water partition coefficient (Wildman–Crippen LogP) is 3.37. The summed E-state index contributed by atoms with van der Waals surface area (Å²) in [7, 11) is 1.69. The molecule has 1 N–H and O–H groups in total. The lowest BCUT2D eigenvalue weighted by atomic mass is 9.93. The van der Waals surface area contributed by atoms with E-state index in [1.165, 1.54) is 36.0 Å². The SMILES string of the molecule is COc1ccc2c(c1CCCC(=O)O)CCCCC2. The first kappa shape index (κ1) is 13.9. The number of rotatable bonds is 5. The minimum Gasteiger partial charge on any atom is -0.496 e. The molecule has 0 radical (unpaired) electrons. The fourth-order valence-electron chi connectivity index (χ4n) is 2.94. The van der Waals surface area contributed by atoms with Crippen molar-refractivity contribution < 1.29 is 14.6 Å². The van der Waals surface area contributed by atoms with Crippen LogP contribution in [0.5, 0.6) is 5.75 Å². The number of hydrogen-bond donors (Lipinski definition) is 1. The fourth-order valence-corrected chi connectivity index (χ4v) is 2.94.